The van der Waals surface area contributed by atoms with Crippen molar-refractivity contribution in [2.75, 3.05) is 24.5 Å². The maximum absolute atomic E-state index is 15.3. The quantitative estimate of drug-likeness (QED) is 0.790. The van der Waals surface area contributed by atoms with Crippen LogP contribution < -0.4 is 16.1 Å². The van der Waals surface area contributed by atoms with E-state index < -0.39 is 17.2 Å². The van der Waals surface area contributed by atoms with Crippen LogP contribution in [0.15, 0.2) is 28.7 Å². The zero-order valence-corrected chi connectivity index (χ0v) is 15.9. The average Bonchev–Trinajstić information content (AvgIpc) is 3.50. The number of pyridine rings is 1. The Labute approximate surface area is 162 Å². The Kier molecular flexibility index (Phi) is 4.71. The number of aromatic nitrogens is 1. The van der Waals surface area contributed by atoms with Crippen molar-refractivity contribution in [1.82, 2.24) is 4.57 Å². The Balaban J connectivity index is 1.93. The van der Waals surface area contributed by atoms with Crippen molar-refractivity contribution in [2.45, 2.75) is 38.6 Å². The molecule has 0 radical (unpaired) electrons. The summed E-state index contributed by atoms with van der Waals surface area (Å²) in [6.45, 7) is 3.36. The van der Waals surface area contributed by atoms with Gasteiger partial charge < -0.3 is 20.3 Å². The minimum atomic E-state index is -1.28. The van der Waals surface area contributed by atoms with Crippen molar-refractivity contribution < 1.29 is 14.3 Å². The van der Waals surface area contributed by atoms with E-state index in [1.807, 2.05) is 15.5 Å². The molecule has 1 aliphatic heterocycles. The molecule has 1 saturated carbocycles. The summed E-state index contributed by atoms with van der Waals surface area (Å²) in [6.07, 6.45) is 7.12. The van der Waals surface area contributed by atoms with E-state index in [0.717, 1.165) is 32.2 Å². The smallest absolute Gasteiger partial charge is 0.341 e. The number of nitrogens with two attached hydrogens (primary N) is 1. The lowest BCUT2D eigenvalue weighted by Gasteiger charge is -2.32. The van der Waals surface area contributed by atoms with Crippen LogP contribution in [0.4, 0.5) is 10.1 Å². The number of nitrogens with zero attached hydrogens (tertiary/aromatic N) is 2. The highest BCUT2D eigenvalue weighted by Gasteiger charge is 2.29. The highest BCUT2D eigenvalue weighted by molar-refractivity contribution is 5.95. The highest BCUT2D eigenvalue weighted by atomic mass is 19.1. The van der Waals surface area contributed by atoms with Gasteiger partial charge in [0.15, 0.2) is 0 Å². The molecule has 0 amide bonds. The number of piperidine rings is 1. The average molecular weight is 385 g/mol. The summed E-state index contributed by atoms with van der Waals surface area (Å²) in [7, 11) is 0. The predicted octanol–water partition coefficient (Wildman–Crippen LogP) is 2.97. The van der Waals surface area contributed by atoms with E-state index in [-0.39, 0.29) is 22.6 Å². The molecule has 4 rings (SSSR count). The molecule has 0 atom stereocenters. The van der Waals surface area contributed by atoms with Crippen LogP contribution in [-0.4, -0.2) is 35.3 Å². The van der Waals surface area contributed by atoms with Crippen LogP contribution in [-0.2, 0) is 0 Å². The van der Waals surface area contributed by atoms with Gasteiger partial charge in [-0.3, -0.25) is 4.79 Å². The van der Waals surface area contributed by atoms with Gasteiger partial charge in [0.05, 0.1) is 16.6 Å². The van der Waals surface area contributed by atoms with E-state index in [9.17, 15) is 14.7 Å². The maximum Gasteiger partial charge on any atom is 0.341 e. The number of halogens is 1. The van der Waals surface area contributed by atoms with E-state index in [0.29, 0.717) is 24.3 Å². The van der Waals surface area contributed by atoms with Crippen LogP contribution in [0.2, 0.25) is 0 Å². The molecule has 28 heavy (non-hydrogen) atoms. The highest BCUT2D eigenvalue weighted by Crippen LogP contribution is 2.39. The first-order chi connectivity index (χ1) is 13.4. The molecule has 2 aliphatic rings. The lowest BCUT2D eigenvalue weighted by atomic mass is 10.0. The Morgan fingerprint density at radius 2 is 2.18 bits per heavy atom. The molecular formula is C21H24FN3O3. The predicted molar refractivity (Wildman–Crippen MR) is 107 cm³/mol. The topological polar surface area (TPSA) is 88.6 Å². The first-order valence-electron chi connectivity index (χ1n) is 9.66. The zero-order chi connectivity index (χ0) is 20.0. The summed E-state index contributed by atoms with van der Waals surface area (Å²) >= 11 is 0. The number of aryl methyl sites for hydroxylation is 1. The molecule has 1 saturated heterocycles. The summed E-state index contributed by atoms with van der Waals surface area (Å²) in [6, 6.07) is 1.88. The Morgan fingerprint density at radius 1 is 1.43 bits per heavy atom. The summed E-state index contributed by atoms with van der Waals surface area (Å²) in [5.41, 5.74) is 7.18. The van der Waals surface area contributed by atoms with Crippen LogP contribution in [0, 0.1) is 12.7 Å². The van der Waals surface area contributed by atoms with Gasteiger partial charge in [-0.05, 0) is 38.7 Å². The second kappa shape index (κ2) is 7.05. The third kappa shape index (κ3) is 3.09. The lowest BCUT2D eigenvalue weighted by Crippen LogP contribution is -2.32. The minimum absolute atomic E-state index is 0.160. The number of hydrogen-bond donors (Lipinski definition) is 2. The van der Waals surface area contributed by atoms with Crippen LogP contribution in [0.25, 0.3) is 10.9 Å². The van der Waals surface area contributed by atoms with Crippen LogP contribution >= 0.6 is 0 Å². The molecule has 2 aromatic rings. The molecule has 6 nitrogen and oxygen atoms in total. The van der Waals surface area contributed by atoms with Gasteiger partial charge in [-0.2, -0.15) is 0 Å². The summed E-state index contributed by atoms with van der Waals surface area (Å²) < 4.78 is 17.2. The molecule has 2 fully saturated rings. The van der Waals surface area contributed by atoms with E-state index >= 15 is 4.39 Å². The number of hydrogen-bond acceptors (Lipinski definition) is 4. The number of rotatable bonds is 4. The Bertz CT molecular complexity index is 1050. The molecule has 2 heterocycles. The molecule has 0 spiro atoms. The largest absolute Gasteiger partial charge is 0.477 e. The van der Waals surface area contributed by atoms with Crippen molar-refractivity contribution in [3.05, 3.63) is 51.1 Å². The number of carboxylic acids is 1. The van der Waals surface area contributed by atoms with Gasteiger partial charge in [-0.1, -0.05) is 11.6 Å². The van der Waals surface area contributed by atoms with Gasteiger partial charge in [0, 0.05) is 37.4 Å². The number of carboxylic acid groups (broad SMARTS) is 1. The standard InChI is InChI=1S/C21H24FN3O3/c1-12-18-16(25(14-4-5-14)11-15(20(18)26)21(27)28)9-17(19(12)22)24-8-2-3-13(10-24)6-7-23/h6,9,11,14H,2-5,7-8,10,23H2,1H3,(H,27,28). The molecule has 1 aromatic carbocycles. The van der Waals surface area contributed by atoms with Gasteiger partial charge >= 0.3 is 5.97 Å². The van der Waals surface area contributed by atoms with Crippen molar-refractivity contribution in [1.29, 1.82) is 0 Å². The zero-order valence-electron chi connectivity index (χ0n) is 15.9. The SMILES string of the molecule is Cc1c(F)c(N2CCCC(=CCN)C2)cc2c1c(=O)c(C(=O)O)cn2C1CC1. The van der Waals surface area contributed by atoms with E-state index in [1.165, 1.54) is 11.8 Å². The summed E-state index contributed by atoms with van der Waals surface area (Å²) in [4.78, 5) is 26.3. The number of aromatic carboxylic acids is 1. The lowest BCUT2D eigenvalue weighted by molar-refractivity contribution is 0.0695. The van der Waals surface area contributed by atoms with Gasteiger partial charge in [0.2, 0.25) is 5.43 Å². The molecule has 3 N–H and O–H groups in total. The van der Waals surface area contributed by atoms with E-state index in [2.05, 4.69) is 0 Å². The monoisotopic (exact) mass is 385 g/mol. The molecule has 1 aliphatic carbocycles. The van der Waals surface area contributed by atoms with Gasteiger partial charge in [0.1, 0.15) is 11.4 Å². The fourth-order valence-electron chi connectivity index (χ4n) is 4.13. The van der Waals surface area contributed by atoms with Crippen molar-refractivity contribution in [3.8, 4) is 0 Å². The first-order valence-corrected chi connectivity index (χ1v) is 9.66. The minimum Gasteiger partial charge on any atom is -0.477 e. The van der Waals surface area contributed by atoms with Crippen molar-refractivity contribution in [2.24, 2.45) is 5.73 Å². The number of fused-ring (bicyclic) bond motifs is 1. The molecule has 148 valence electrons. The third-order valence-corrected chi connectivity index (χ3v) is 5.71. The summed E-state index contributed by atoms with van der Waals surface area (Å²) in [5.74, 6) is -1.73. The Morgan fingerprint density at radius 3 is 2.82 bits per heavy atom. The van der Waals surface area contributed by atoms with Crippen molar-refractivity contribution in [3.63, 3.8) is 0 Å². The van der Waals surface area contributed by atoms with Crippen LogP contribution in [0.3, 0.4) is 0 Å². The molecule has 7 heteroatoms. The molecule has 0 unspecified atom stereocenters. The van der Waals surface area contributed by atoms with E-state index in [4.69, 9.17) is 5.73 Å². The normalized spacial score (nSPS) is 18.8. The maximum atomic E-state index is 15.3. The molecular weight excluding hydrogens is 361 g/mol. The second-order valence-corrected chi connectivity index (χ2v) is 7.67. The number of benzene rings is 1. The van der Waals surface area contributed by atoms with Crippen LogP contribution in [0.1, 0.15) is 47.6 Å². The van der Waals surface area contributed by atoms with E-state index in [1.54, 1.807) is 13.0 Å². The molecule has 1 aromatic heterocycles. The first kappa shape index (κ1) is 18.7. The fraction of sp³-hybridized carbons (Fsp3) is 0.429. The van der Waals surface area contributed by atoms with Gasteiger partial charge in [0.25, 0.3) is 0 Å². The fourth-order valence-corrected chi connectivity index (χ4v) is 4.13. The Hall–Kier alpha value is -2.67. The van der Waals surface area contributed by atoms with Crippen molar-refractivity contribution >= 4 is 22.6 Å². The number of anilines is 1. The second-order valence-electron chi connectivity index (χ2n) is 7.67. The van der Waals surface area contributed by atoms with Gasteiger partial charge in [-0.15, -0.1) is 0 Å². The van der Waals surface area contributed by atoms with Gasteiger partial charge in [-0.25, -0.2) is 9.18 Å². The van der Waals surface area contributed by atoms with Crippen LogP contribution in [0.5, 0.6) is 0 Å². The third-order valence-electron chi connectivity index (χ3n) is 5.71. The molecule has 0 bridgehead atoms. The number of carbonyl (C=O) groups is 1. The summed E-state index contributed by atoms with van der Waals surface area (Å²) in [5, 5.41) is 9.59.